The minimum absolute atomic E-state index is 0.843. The predicted molar refractivity (Wildman–Crippen MR) is 118 cm³/mol. The Morgan fingerprint density at radius 1 is 0.607 bits per heavy atom. The summed E-state index contributed by atoms with van der Waals surface area (Å²) in [5.74, 6) is 0. The lowest BCUT2D eigenvalue weighted by Gasteiger charge is -2.19. The summed E-state index contributed by atoms with van der Waals surface area (Å²) in [4.78, 5) is 13.5. The van der Waals surface area contributed by atoms with Crippen molar-refractivity contribution in [3.8, 4) is 0 Å². The molecule has 1 aromatic heterocycles. The normalized spacial score (nSPS) is 12.0. The van der Waals surface area contributed by atoms with E-state index in [0.29, 0.717) is 0 Å². The molecule has 0 aliphatic carbocycles. The van der Waals surface area contributed by atoms with Crippen LogP contribution in [0.5, 0.6) is 0 Å². The summed E-state index contributed by atoms with van der Waals surface area (Å²) in [7, 11) is 8.08. The van der Waals surface area contributed by atoms with Gasteiger partial charge in [-0.25, -0.2) is 0 Å². The van der Waals surface area contributed by atoms with E-state index in [9.17, 15) is 0 Å². The zero-order valence-corrected chi connectivity index (χ0v) is 16.9. The maximum atomic E-state index is 4.70. The van der Waals surface area contributed by atoms with Gasteiger partial charge in [0, 0.05) is 28.2 Å². The fraction of sp³-hybridized carbons (Fsp3) is 0.167. The lowest BCUT2D eigenvalue weighted by molar-refractivity contribution is 0.587. The molecule has 28 heavy (non-hydrogen) atoms. The van der Waals surface area contributed by atoms with Gasteiger partial charge in [-0.05, 0) is 23.3 Å². The second-order valence-electron chi connectivity index (χ2n) is 6.96. The van der Waals surface area contributed by atoms with Crippen molar-refractivity contribution in [3.63, 3.8) is 0 Å². The van der Waals surface area contributed by atoms with E-state index in [2.05, 4.69) is 46.2 Å². The van der Waals surface area contributed by atoms with Crippen LogP contribution in [0.3, 0.4) is 0 Å². The molecule has 0 aliphatic rings. The van der Waals surface area contributed by atoms with Crippen molar-refractivity contribution < 1.29 is 0 Å². The van der Waals surface area contributed by atoms with Crippen LogP contribution in [0, 0.1) is 0 Å². The first-order chi connectivity index (χ1) is 13.5. The van der Waals surface area contributed by atoms with E-state index in [1.165, 1.54) is 0 Å². The van der Waals surface area contributed by atoms with Gasteiger partial charge in [0.15, 0.2) is 0 Å². The minimum Gasteiger partial charge on any atom is -0.376 e. The van der Waals surface area contributed by atoms with Crippen LogP contribution in [-0.4, -0.2) is 48.0 Å². The molecule has 0 bridgehead atoms. The van der Waals surface area contributed by atoms with Crippen molar-refractivity contribution >= 4 is 23.5 Å². The highest BCUT2D eigenvalue weighted by molar-refractivity contribution is 5.80. The third kappa shape index (κ3) is 4.86. The molecule has 4 heteroatoms. The van der Waals surface area contributed by atoms with Gasteiger partial charge in [-0.1, -0.05) is 60.7 Å². The Labute approximate surface area is 167 Å². The summed E-state index contributed by atoms with van der Waals surface area (Å²) >= 11 is 0. The number of benzene rings is 2. The summed E-state index contributed by atoms with van der Waals surface area (Å²) in [5.41, 5.74) is 5.99. The molecule has 0 N–H and O–H groups in total. The standard InChI is InChI=1S/C24H26N4/c1-27(2)23(15-19-11-7-5-8-12-19)21-17-26-22(18-25-21)24(28(3)4)16-20-13-9-6-10-14-20/h5-18H,1-4H3. The molecule has 0 saturated carbocycles. The van der Waals surface area contributed by atoms with Crippen molar-refractivity contribution in [2.75, 3.05) is 28.2 Å². The molecule has 0 saturated heterocycles. The average molecular weight is 371 g/mol. The van der Waals surface area contributed by atoms with E-state index < -0.39 is 0 Å². The predicted octanol–water partition coefficient (Wildman–Crippen LogP) is 4.60. The van der Waals surface area contributed by atoms with Crippen molar-refractivity contribution in [1.29, 1.82) is 0 Å². The van der Waals surface area contributed by atoms with Crippen LogP contribution in [-0.2, 0) is 0 Å². The average Bonchev–Trinajstić information content (AvgIpc) is 2.72. The van der Waals surface area contributed by atoms with E-state index in [-0.39, 0.29) is 0 Å². The van der Waals surface area contributed by atoms with Gasteiger partial charge < -0.3 is 9.80 Å². The lowest BCUT2D eigenvalue weighted by atomic mass is 10.1. The van der Waals surface area contributed by atoms with Crippen molar-refractivity contribution in [2.24, 2.45) is 0 Å². The van der Waals surface area contributed by atoms with E-state index in [0.717, 1.165) is 33.9 Å². The zero-order valence-electron chi connectivity index (χ0n) is 16.9. The fourth-order valence-corrected chi connectivity index (χ4v) is 2.87. The van der Waals surface area contributed by atoms with Crippen LogP contribution in [0.1, 0.15) is 22.5 Å². The molecule has 0 radical (unpaired) electrons. The number of aromatic nitrogens is 2. The summed E-state index contributed by atoms with van der Waals surface area (Å²) in [6, 6.07) is 20.5. The molecule has 0 fully saturated rings. The second-order valence-corrected chi connectivity index (χ2v) is 6.96. The quantitative estimate of drug-likeness (QED) is 0.635. The summed E-state index contributed by atoms with van der Waals surface area (Å²) in [5, 5.41) is 0. The molecule has 3 rings (SSSR count). The molecule has 0 spiro atoms. The first-order valence-electron chi connectivity index (χ1n) is 9.25. The third-order valence-corrected chi connectivity index (χ3v) is 4.35. The van der Waals surface area contributed by atoms with Crippen LogP contribution >= 0.6 is 0 Å². The first-order valence-corrected chi connectivity index (χ1v) is 9.25. The highest BCUT2D eigenvalue weighted by Crippen LogP contribution is 2.21. The molecular formula is C24H26N4. The first kappa shape index (κ1) is 19.4. The monoisotopic (exact) mass is 370 g/mol. The van der Waals surface area contributed by atoms with Gasteiger partial charge in [-0.3, -0.25) is 9.97 Å². The summed E-state index contributed by atoms with van der Waals surface area (Å²) in [6.45, 7) is 0. The smallest absolute Gasteiger partial charge is 0.105 e. The van der Waals surface area contributed by atoms with Gasteiger partial charge in [-0.2, -0.15) is 0 Å². The zero-order chi connectivity index (χ0) is 19.9. The van der Waals surface area contributed by atoms with Crippen LogP contribution < -0.4 is 0 Å². The van der Waals surface area contributed by atoms with Crippen molar-refractivity contribution in [2.45, 2.75) is 0 Å². The van der Waals surface area contributed by atoms with Crippen LogP contribution in [0.15, 0.2) is 73.1 Å². The number of nitrogens with zero attached hydrogens (tertiary/aromatic N) is 4. The summed E-state index contributed by atoms with van der Waals surface area (Å²) in [6.07, 6.45) is 7.92. The van der Waals surface area contributed by atoms with Gasteiger partial charge in [0.1, 0.15) is 11.4 Å². The van der Waals surface area contributed by atoms with Gasteiger partial charge in [0.05, 0.1) is 23.8 Å². The van der Waals surface area contributed by atoms with Crippen LogP contribution in [0.25, 0.3) is 23.5 Å². The molecule has 0 atom stereocenters. The van der Waals surface area contributed by atoms with Gasteiger partial charge >= 0.3 is 0 Å². The van der Waals surface area contributed by atoms with Gasteiger partial charge in [0.2, 0.25) is 0 Å². The molecule has 4 nitrogen and oxygen atoms in total. The Morgan fingerprint density at radius 2 is 0.964 bits per heavy atom. The molecule has 3 aromatic rings. The molecule has 1 heterocycles. The highest BCUT2D eigenvalue weighted by Gasteiger charge is 2.10. The largest absolute Gasteiger partial charge is 0.376 e. The van der Waals surface area contributed by atoms with Crippen molar-refractivity contribution in [1.82, 2.24) is 19.8 Å². The Morgan fingerprint density at radius 3 is 1.25 bits per heavy atom. The van der Waals surface area contributed by atoms with Gasteiger partial charge in [0.25, 0.3) is 0 Å². The molecule has 2 aromatic carbocycles. The maximum Gasteiger partial charge on any atom is 0.105 e. The summed E-state index contributed by atoms with van der Waals surface area (Å²) < 4.78 is 0. The fourth-order valence-electron chi connectivity index (χ4n) is 2.87. The molecular weight excluding hydrogens is 344 g/mol. The van der Waals surface area contributed by atoms with Crippen molar-refractivity contribution in [3.05, 3.63) is 95.6 Å². The maximum absolute atomic E-state index is 4.70. The van der Waals surface area contributed by atoms with E-state index in [1.807, 2.05) is 77.0 Å². The van der Waals surface area contributed by atoms with Gasteiger partial charge in [-0.15, -0.1) is 0 Å². The second kappa shape index (κ2) is 9.00. The molecule has 0 aliphatic heterocycles. The Kier molecular flexibility index (Phi) is 6.22. The lowest BCUT2D eigenvalue weighted by Crippen LogP contribution is -2.14. The topological polar surface area (TPSA) is 32.3 Å². The number of hydrogen-bond donors (Lipinski definition) is 0. The Bertz CT molecular complexity index is 860. The van der Waals surface area contributed by atoms with Crippen LogP contribution in [0.2, 0.25) is 0 Å². The molecule has 0 amide bonds. The SMILES string of the molecule is CN(C)C(=Cc1ccccc1)c1cnc(C(=Cc2ccccc2)N(C)C)cn1. The Balaban J connectivity index is 1.95. The molecule has 0 unspecified atom stereocenters. The van der Waals surface area contributed by atoms with E-state index >= 15 is 0 Å². The number of hydrogen-bond acceptors (Lipinski definition) is 4. The number of rotatable bonds is 6. The minimum atomic E-state index is 0.843. The van der Waals surface area contributed by atoms with Crippen LogP contribution in [0.4, 0.5) is 0 Å². The molecule has 142 valence electrons. The highest BCUT2D eigenvalue weighted by atomic mass is 15.1. The van der Waals surface area contributed by atoms with E-state index in [1.54, 1.807) is 0 Å². The third-order valence-electron chi connectivity index (χ3n) is 4.35. The van der Waals surface area contributed by atoms with E-state index in [4.69, 9.17) is 9.97 Å². The Hall–Kier alpha value is -3.40.